The van der Waals surface area contributed by atoms with Crippen molar-refractivity contribution >= 4 is 22.8 Å². The van der Waals surface area contributed by atoms with E-state index in [0.29, 0.717) is 35.6 Å². The van der Waals surface area contributed by atoms with E-state index in [0.717, 1.165) is 54.2 Å². The molecule has 0 amide bonds. The van der Waals surface area contributed by atoms with Crippen molar-refractivity contribution in [3.8, 4) is 23.0 Å². The van der Waals surface area contributed by atoms with Gasteiger partial charge in [-0.3, -0.25) is 0 Å². The number of benzene rings is 2. The van der Waals surface area contributed by atoms with E-state index in [1.165, 1.54) is 6.42 Å². The van der Waals surface area contributed by atoms with Crippen LogP contribution in [-0.2, 0) is 6.54 Å². The summed E-state index contributed by atoms with van der Waals surface area (Å²) in [5.41, 5.74) is 3.16. The fourth-order valence-corrected chi connectivity index (χ4v) is 4.74. The van der Waals surface area contributed by atoms with Crippen LogP contribution in [0.25, 0.3) is 22.6 Å². The lowest BCUT2D eigenvalue weighted by molar-refractivity contribution is 0.194. The van der Waals surface area contributed by atoms with Crippen LogP contribution >= 0.6 is 11.6 Å². The molecule has 6 rings (SSSR count). The van der Waals surface area contributed by atoms with Crippen molar-refractivity contribution in [3.63, 3.8) is 0 Å². The Morgan fingerprint density at radius 1 is 1.14 bits per heavy atom. The highest BCUT2D eigenvalue weighted by Gasteiger charge is 2.41. The molecule has 8 heteroatoms. The average Bonchev–Trinajstić information content (AvgIpc) is 3.22. The number of nitrogens with zero attached hydrogens (tertiary/aromatic N) is 4. The zero-order chi connectivity index (χ0) is 23.8. The summed E-state index contributed by atoms with van der Waals surface area (Å²) in [6.45, 7) is 4.39. The summed E-state index contributed by atoms with van der Waals surface area (Å²) in [5.74, 6) is 2.00. The van der Waals surface area contributed by atoms with E-state index < -0.39 is 0 Å². The first-order valence-electron chi connectivity index (χ1n) is 12.2. The molecule has 2 aromatic heterocycles. The number of halogens is 1. The minimum Gasteiger partial charge on any atom is -0.492 e. The molecule has 35 heavy (non-hydrogen) atoms. The van der Waals surface area contributed by atoms with Gasteiger partial charge in [-0.15, -0.1) is 0 Å². The van der Waals surface area contributed by atoms with Crippen LogP contribution in [0.5, 0.6) is 11.6 Å². The number of nitrogens with one attached hydrogen (secondary N) is 1. The Kier molecular flexibility index (Phi) is 5.82. The zero-order valence-corrected chi connectivity index (χ0v) is 20.5. The minimum atomic E-state index is -0.171. The van der Waals surface area contributed by atoms with Crippen molar-refractivity contribution in [3.05, 3.63) is 65.4 Å². The molecule has 4 aromatic rings. The highest BCUT2D eigenvalue weighted by Crippen LogP contribution is 2.41. The number of hydrogen-bond donors (Lipinski definition) is 1. The van der Waals surface area contributed by atoms with Crippen molar-refractivity contribution in [1.29, 1.82) is 0 Å². The molecule has 1 atom stereocenters. The van der Waals surface area contributed by atoms with Gasteiger partial charge in [-0.05, 0) is 62.9 Å². The molecule has 2 aromatic carbocycles. The summed E-state index contributed by atoms with van der Waals surface area (Å²) < 4.78 is 14.3. The van der Waals surface area contributed by atoms with Crippen LogP contribution in [0.15, 0.2) is 54.9 Å². The zero-order valence-electron chi connectivity index (χ0n) is 19.7. The quantitative estimate of drug-likeness (QED) is 0.364. The summed E-state index contributed by atoms with van der Waals surface area (Å²) in [6.07, 6.45) is 5.91. The molecule has 2 aliphatic rings. The van der Waals surface area contributed by atoms with Crippen molar-refractivity contribution in [2.75, 3.05) is 13.2 Å². The van der Waals surface area contributed by atoms with Crippen LogP contribution in [0.4, 0.5) is 0 Å². The standard InChI is InChI=1S/C27H28ClN5O2/c1-27(11-12-27)35-26-23-25(30-17-31-26)33(15-18-6-3-2-4-7-18)24(32-23)21-10-9-20(14-22(21)28)34-16-19-8-5-13-29-19/h2-4,6-7,9-10,14,17,19,29H,5,8,11-13,15-16H2,1H3/t19-/m1/s1. The highest BCUT2D eigenvalue weighted by molar-refractivity contribution is 6.33. The number of fused-ring (bicyclic) bond motifs is 1. The maximum atomic E-state index is 6.80. The second kappa shape index (κ2) is 9.13. The summed E-state index contributed by atoms with van der Waals surface area (Å²) in [6, 6.07) is 16.4. The second-order valence-corrected chi connectivity index (χ2v) is 10.1. The van der Waals surface area contributed by atoms with Crippen molar-refractivity contribution in [1.82, 2.24) is 24.8 Å². The topological polar surface area (TPSA) is 74.1 Å². The summed E-state index contributed by atoms with van der Waals surface area (Å²) in [7, 11) is 0. The second-order valence-electron chi connectivity index (χ2n) is 9.66. The Morgan fingerprint density at radius 3 is 2.74 bits per heavy atom. The van der Waals surface area contributed by atoms with Crippen LogP contribution in [0, 0.1) is 0 Å². The van der Waals surface area contributed by atoms with Gasteiger partial charge >= 0.3 is 0 Å². The van der Waals surface area contributed by atoms with Crippen molar-refractivity contribution in [2.45, 2.75) is 50.8 Å². The third-order valence-corrected chi connectivity index (χ3v) is 7.09. The van der Waals surface area contributed by atoms with Gasteiger partial charge in [0.25, 0.3) is 0 Å². The predicted octanol–water partition coefficient (Wildman–Crippen LogP) is 5.26. The predicted molar refractivity (Wildman–Crippen MR) is 136 cm³/mol. The lowest BCUT2D eigenvalue weighted by atomic mass is 10.2. The van der Waals surface area contributed by atoms with Gasteiger partial charge in [-0.2, -0.15) is 4.98 Å². The molecular weight excluding hydrogens is 462 g/mol. The first kappa shape index (κ1) is 22.3. The van der Waals surface area contributed by atoms with Crippen LogP contribution in [0.1, 0.15) is 38.2 Å². The number of imidazole rings is 1. The molecule has 7 nitrogen and oxygen atoms in total. The smallest absolute Gasteiger partial charge is 0.245 e. The number of aromatic nitrogens is 4. The maximum Gasteiger partial charge on any atom is 0.245 e. The SMILES string of the molecule is CC1(Oc2ncnc3c2nc(-c2ccc(OC[C@H]4CCCN4)cc2Cl)n3Cc2ccccc2)CC1. The molecule has 1 aliphatic heterocycles. The lowest BCUT2D eigenvalue weighted by Crippen LogP contribution is -2.28. The molecule has 3 heterocycles. The molecule has 180 valence electrons. The molecule has 0 spiro atoms. The Morgan fingerprint density at radius 2 is 2.00 bits per heavy atom. The summed E-state index contributed by atoms with van der Waals surface area (Å²) >= 11 is 6.80. The minimum absolute atomic E-state index is 0.171. The fraction of sp³-hybridized carbons (Fsp3) is 0.370. The number of hydrogen-bond acceptors (Lipinski definition) is 6. The molecule has 0 radical (unpaired) electrons. The highest BCUT2D eigenvalue weighted by atomic mass is 35.5. The van der Waals surface area contributed by atoms with Crippen molar-refractivity contribution < 1.29 is 9.47 Å². The average molecular weight is 490 g/mol. The fourth-order valence-electron chi connectivity index (χ4n) is 4.49. The van der Waals surface area contributed by atoms with Crippen LogP contribution in [0.3, 0.4) is 0 Å². The van der Waals surface area contributed by atoms with Gasteiger partial charge in [0.05, 0.1) is 11.6 Å². The first-order chi connectivity index (χ1) is 17.1. The van der Waals surface area contributed by atoms with E-state index in [1.54, 1.807) is 6.33 Å². The lowest BCUT2D eigenvalue weighted by Gasteiger charge is -2.14. The first-order valence-corrected chi connectivity index (χ1v) is 12.6. The summed E-state index contributed by atoms with van der Waals surface area (Å²) in [4.78, 5) is 14.0. The van der Waals surface area contributed by atoms with E-state index in [2.05, 4.69) is 38.9 Å². The molecule has 1 N–H and O–H groups in total. The van der Waals surface area contributed by atoms with Gasteiger partial charge < -0.3 is 19.4 Å². The molecule has 1 saturated carbocycles. The number of ether oxygens (including phenoxy) is 2. The molecule has 0 bridgehead atoms. The van der Waals surface area contributed by atoms with Crippen LogP contribution < -0.4 is 14.8 Å². The molecule has 2 fully saturated rings. The Bertz CT molecular complexity index is 1350. The van der Waals surface area contributed by atoms with Gasteiger partial charge in [0.2, 0.25) is 5.88 Å². The Hall–Kier alpha value is -3.16. The van der Waals surface area contributed by atoms with Gasteiger partial charge in [-0.1, -0.05) is 41.9 Å². The Balaban J connectivity index is 1.38. The van der Waals surface area contributed by atoms with Gasteiger partial charge in [0.1, 0.15) is 30.1 Å². The van der Waals surface area contributed by atoms with Gasteiger partial charge in [-0.25, -0.2) is 9.97 Å². The van der Waals surface area contributed by atoms with Crippen LogP contribution in [0.2, 0.25) is 5.02 Å². The van der Waals surface area contributed by atoms with E-state index in [9.17, 15) is 0 Å². The summed E-state index contributed by atoms with van der Waals surface area (Å²) in [5, 5.41) is 4.03. The van der Waals surface area contributed by atoms with Crippen molar-refractivity contribution in [2.24, 2.45) is 0 Å². The Labute approximate surface area is 209 Å². The van der Waals surface area contributed by atoms with E-state index in [-0.39, 0.29) is 5.60 Å². The van der Waals surface area contributed by atoms with E-state index in [1.807, 2.05) is 36.4 Å². The van der Waals surface area contributed by atoms with E-state index >= 15 is 0 Å². The maximum absolute atomic E-state index is 6.80. The van der Waals surface area contributed by atoms with Gasteiger partial charge in [0, 0.05) is 11.6 Å². The molecular formula is C27H28ClN5O2. The largest absolute Gasteiger partial charge is 0.492 e. The van der Waals surface area contributed by atoms with Gasteiger partial charge in [0.15, 0.2) is 11.2 Å². The molecule has 0 unspecified atom stereocenters. The number of rotatable bonds is 8. The third kappa shape index (κ3) is 4.70. The monoisotopic (exact) mass is 489 g/mol. The van der Waals surface area contributed by atoms with Crippen LogP contribution in [-0.4, -0.2) is 44.3 Å². The third-order valence-electron chi connectivity index (χ3n) is 6.77. The molecule has 1 saturated heterocycles. The molecule has 1 aliphatic carbocycles. The van der Waals surface area contributed by atoms with E-state index in [4.69, 9.17) is 26.1 Å². The normalized spacial score (nSPS) is 18.6.